The molecule has 0 fully saturated rings. The van der Waals surface area contributed by atoms with E-state index >= 15 is 0 Å². The minimum atomic E-state index is -0.971. The summed E-state index contributed by atoms with van der Waals surface area (Å²) in [6, 6.07) is -2.77. The number of carbonyl (C=O) groups is 7. The van der Waals surface area contributed by atoms with E-state index in [1.165, 1.54) is 32.9 Å². The van der Waals surface area contributed by atoms with E-state index in [1.807, 2.05) is 0 Å². The molecule has 14 heteroatoms. The molecule has 1 aliphatic rings. The Kier molecular flexibility index (Phi) is 13.8. The second-order valence-corrected chi connectivity index (χ2v) is 10.4. The van der Waals surface area contributed by atoms with Gasteiger partial charge in [-0.25, -0.2) is 4.79 Å². The van der Waals surface area contributed by atoms with Gasteiger partial charge in [0.25, 0.3) is 11.8 Å². The highest BCUT2D eigenvalue weighted by molar-refractivity contribution is 6.12. The molecule has 1 heterocycles. The predicted molar refractivity (Wildman–Crippen MR) is 144 cm³/mol. The molecule has 0 radical (unpaired) electrons. The monoisotopic (exact) mass is 566 g/mol. The lowest BCUT2D eigenvalue weighted by atomic mass is 10.1. The van der Waals surface area contributed by atoms with Gasteiger partial charge in [0.1, 0.15) is 23.7 Å². The van der Waals surface area contributed by atoms with Gasteiger partial charge in [-0.2, -0.15) is 0 Å². The zero-order chi connectivity index (χ0) is 30.5. The second kappa shape index (κ2) is 16.2. The number of hydrogen-bond donors (Lipinski definition) is 5. The maximum atomic E-state index is 12.4. The summed E-state index contributed by atoms with van der Waals surface area (Å²) in [6.07, 6.45) is 3.69. The van der Waals surface area contributed by atoms with E-state index < -0.39 is 47.5 Å². The van der Waals surface area contributed by atoms with Crippen LogP contribution in [-0.4, -0.2) is 89.8 Å². The number of ether oxygens (including phenoxy) is 1. The van der Waals surface area contributed by atoms with Crippen LogP contribution >= 0.6 is 0 Å². The minimum absolute atomic E-state index is 0.122. The summed E-state index contributed by atoms with van der Waals surface area (Å²) in [5, 5.41) is 12.6. The van der Waals surface area contributed by atoms with E-state index in [2.05, 4.69) is 26.6 Å². The van der Waals surface area contributed by atoms with Crippen molar-refractivity contribution in [3.8, 4) is 0 Å². The second-order valence-electron chi connectivity index (χ2n) is 10.4. The predicted octanol–water partition coefficient (Wildman–Crippen LogP) is -0.373. The van der Waals surface area contributed by atoms with Crippen molar-refractivity contribution in [2.45, 2.75) is 91.0 Å². The van der Waals surface area contributed by atoms with Crippen LogP contribution in [0.4, 0.5) is 4.79 Å². The first-order valence-corrected chi connectivity index (χ1v) is 13.3. The molecule has 0 unspecified atom stereocenters. The Hall–Kier alpha value is -3.97. The fourth-order valence-corrected chi connectivity index (χ4v) is 3.39. The number of nitrogens with one attached hydrogen (secondary N) is 5. The first-order valence-electron chi connectivity index (χ1n) is 13.3. The molecule has 224 valence electrons. The standard InChI is InChI=1S/C26H42N6O8/c1-16(22(36)27-13-14-28-25(39)40-26(4,5)6)30-24(38)18(3)31-23(37)17(2)29-19(33)10-8-7-9-15-32-20(34)11-12-21(32)35/h11-12,16-18H,7-10,13-15H2,1-6H3,(H,27,36)(H,28,39)(H,29,33)(H,30,38)(H,31,37)/t16-,17-,18-/m0/s1. The molecule has 0 aromatic heterocycles. The van der Waals surface area contributed by atoms with Crippen molar-refractivity contribution in [1.29, 1.82) is 0 Å². The van der Waals surface area contributed by atoms with Gasteiger partial charge < -0.3 is 31.3 Å². The molecule has 0 aliphatic carbocycles. The fourth-order valence-electron chi connectivity index (χ4n) is 3.39. The molecule has 40 heavy (non-hydrogen) atoms. The number of unbranched alkanes of at least 4 members (excludes halogenated alkanes) is 2. The zero-order valence-electron chi connectivity index (χ0n) is 24.0. The van der Waals surface area contributed by atoms with Gasteiger partial charge in [-0.15, -0.1) is 0 Å². The summed E-state index contributed by atoms with van der Waals surface area (Å²) in [5.41, 5.74) is -0.637. The Morgan fingerprint density at radius 1 is 0.750 bits per heavy atom. The summed E-state index contributed by atoms with van der Waals surface area (Å²) in [5.74, 6) is -2.66. The van der Waals surface area contributed by atoms with E-state index in [9.17, 15) is 33.6 Å². The minimum Gasteiger partial charge on any atom is -0.444 e. The normalized spacial score (nSPS) is 15.1. The lowest BCUT2D eigenvalue weighted by molar-refractivity contribution is -0.137. The Morgan fingerprint density at radius 2 is 1.25 bits per heavy atom. The Balaban J connectivity index is 2.26. The number of amides is 7. The van der Waals surface area contributed by atoms with Crippen LogP contribution in [0.25, 0.3) is 0 Å². The lowest BCUT2D eigenvalue weighted by Crippen LogP contribution is -2.54. The fraction of sp³-hybridized carbons (Fsp3) is 0.654. The third-order valence-electron chi connectivity index (χ3n) is 5.55. The van der Waals surface area contributed by atoms with Crippen molar-refractivity contribution >= 4 is 41.5 Å². The average Bonchev–Trinajstić information content (AvgIpc) is 3.17. The Bertz CT molecular complexity index is 972. The quantitative estimate of drug-likeness (QED) is 0.131. The van der Waals surface area contributed by atoms with Crippen LogP contribution in [0.5, 0.6) is 0 Å². The Labute approximate surface area is 234 Å². The molecular formula is C26H42N6O8. The SMILES string of the molecule is C[C@H](NC(=O)CCCCCN1C(=O)C=CC1=O)C(=O)N[C@@H](C)C(=O)N[C@@H](C)C(=O)NCCNC(=O)OC(C)(C)C. The first-order chi connectivity index (χ1) is 18.6. The smallest absolute Gasteiger partial charge is 0.407 e. The van der Waals surface area contributed by atoms with Crippen molar-refractivity contribution in [3.05, 3.63) is 12.2 Å². The van der Waals surface area contributed by atoms with Gasteiger partial charge in [0, 0.05) is 38.2 Å². The zero-order valence-corrected chi connectivity index (χ0v) is 24.0. The Morgan fingerprint density at radius 3 is 1.80 bits per heavy atom. The number of imide groups is 1. The summed E-state index contributed by atoms with van der Waals surface area (Å²) >= 11 is 0. The average molecular weight is 567 g/mol. The van der Waals surface area contributed by atoms with Crippen LogP contribution in [0, 0.1) is 0 Å². The summed E-state index contributed by atoms with van der Waals surface area (Å²) < 4.78 is 5.09. The van der Waals surface area contributed by atoms with Gasteiger partial charge in [-0.1, -0.05) is 6.42 Å². The van der Waals surface area contributed by atoms with Gasteiger partial charge >= 0.3 is 6.09 Å². The van der Waals surface area contributed by atoms with E-state index in [1.54, 1.807) is 20.8 Å². The number of alkyl carbamates (subject to hydrolysis) is 1. The molecule has 0 spiro atoms. The molecular weight excluding hydrogens is 524 g/mol. The maximum Gasteiger partial charge on any atom is 0.407 e. The van der Waals surface area contributed by atoms with Gasteiger partial charge in [0.05, 0.1) is 0 Å². The third kappa shape index (κ3) is 13.2. The van der Waals surface area contributed by atoms with Gasteiger partial charge in [0.2, 0.25) is 23.6 Å². The molecule has 0 saturated carbocycles. The van der Waals surface area contributed by atoms with Crippen molar-refractivity contribution in [2.75, 3.05) is 19.6 Å². The highest BCUT2D eigenvalue weighted by Crippen LogP contribution is 2.08. The van der Waals surface area contributed by atoms with Gasteiger partial charge in [-0.05, 0) is 54.4 Å². The van der Waals surface area contributed by atoms with Crippen LogP contribution < -0.4 is 26.6 Å². The highest BCUT2D eigenvalue weighted by Gasteiger charge is 2.24. The molecule has 1 aliphatic heterocycles. The van der Waals surface area contributed by atoms with E-state index in [0.717, 1.165) is 4.90 Å². The van der Waals surface area contributed by atoms with Crippen molar-refractivity contribution < 1.29 is 38.3 Å². The van der Waals surface area contributed by atoms with Crippen molar-refractivity contribution in [3.63, 3.8) is 0 Å². The molecule has 1 rings (SSSR count). The lowest BCUT2D eigenvalue weighted by Gasteiger charge is -2.21. The largest absolute Gasteiger partial charge is 0.444 e. The van der Waals surface area contributed by atoms with Gasteiger partial charge in [0.15, 0.2) is 0 Å². The van der Waals surface area contributed by atoms with Crippen LogP contribution in [0.3, 0.4) is 0 Å². The topological polar surface area (TPSA) is 192 Å². The summed E-state index contributed by atoms with van der Waals surface area (Å²) in [7, 11) is 0. The molecule has 7 amide bonds. The molecule has 0 saturated heterocycles. The molecule has 0 bridgehead atoms. The molecule has 0 aromatic rings. The van der Waals surface area contributed by atoms with Crippen molar-refractivity contribution in [2.24, 2.45) is 0 Å². The van der Waals surface area contributed by atoms with Gasteiger partial charge in [-0.3, -0.25) is 33.7 Å². The van der Waals surface area contributed by atoms with Crippen LogP contribution in [0.15, 0.2) is 12.2 Å². The number of hydrogen-bond acceptors (Lipinski definition) is 8. The van der Waals surface area contributed by atoms with E-state index in [0.29, 0.717) is 19.3 Å². The first kappa shape index (κ1) is 34.1. The van der Waals surface area contributed by atoms with Crippen LogP contribution in [0.2, 0.25) is 0 Å². The molecule has 5 N–H and O–H groups in total. The number of carbonyl (C=O) groups excluding carboxylic acids is 7. The van der Waals surface area contributed by atoms with E-state index in [-0.39, 0.29) is 43.8 Å². The highest BCUT2D eigenvalue weighted by atomic mass is 16.6. The summed E-state index contributed by atoms with van der Waals surface area (Å²) in [4.78, 5) is 84.9. The molecule has 0 aromatic carbocycles. The molecule has 3 atom stereocenters. The van der Waals surface area contributed by atoms with Crippen LogP contribution in [-0.2, 0) is 33.5 Å². The third-order valence-corrected chi connectivity index (χ3v) is 5.55. The maximum absolute atomic E-state index is 12.4. The van der Waals surface area contributed by atoms with Crippen molar-refractivity contribution in [1.82, 2.24) is 31.5 Å². The molecule has 14 nitrogen and oxygen atoms in total. The van der Waals surface area contributed by atoms with Crippen LogP contribution in [0.1, 0.15) is 67.2 Å². The van der Waals surface area contributed by atoms with E-state index in [4.69, 9.17) is 4.74 Å². The summed E-state index contributed by atoms with van der Waals surface area (Å²) in [6.45, 7) is 10.1. The number of nitrogens with zero attached hydrogens (tertiary/aromatic N) is 1. The number of rotatable bonds is 15.